The second-order valence-corrected chi connectivity index (χ2v) is 9.28. The molecular weight excluding hydrogens is 306 g/mol. The Morgan fingerprint density at radius 1 is 1.42 bits per heavy atom. The molecule has 0 saturated heterocycles. The summed E-state index contributed by atoms with van der Waals surface area (Å²) in [5, 5.41) is 21.3. The average molecular weight is 335 g/mol. The Morgan fingerprint density at radius 3 is 2.54 bits per heavy atom. The van der Waals surface area contributed by atoms with Crippen molar-refractivity contribution in [1.82, 2.24) is 0 Å². The van der Waals surface area contributed by atoms with Crippen LogP contribution in [-0.2, 0) is 4.79 Å². The van der Waals surface area contributed by atoms with Gasteiger partial charge in [0.15, 0.2) is 0 Å². The molecular formula is C19H29NO4. The van der Waals surface area contributed by atoms with Crippen molar-refractivity contribution in [1.29, 1.82) is 0 Å². The van der Waals surface area contributed by atoms with Crippen LogP contribution in [0, 0.1) is 44.6 Å². The van der Waals surface area contributed by atoms with E-state index in [9.17, 15) is 20.0 Å². The third-order valence-corrected chi connectivity index (χ3v) is 6.70. The molecule has 24 heavy (non-hydrogen) atoms. The summed E-state index contributed by atoms with van der Waals surface area (Å²) < 4.78 is 0. The molecule has 0 spiro atoms. The van der Waals surface area contributed by atoms with Gasteiger partial charge in [0, 0.05) is 4.92 Å². The Balaban J connectivity index is 1.93. The van der Waals surface area contributed by atoms with E-state index in [1.807, 2.05) is 20.8 Å². The molecule has 5 heteroatoms. The van der Waals surface area contributed by atoms with Crippen molar-refractivity contribution in [3.63, 3.8) is 0 Å². The normalized spacial score (nSPS) is 34.4. The van der Waals surface area contributed by atoms with Crippen LogP contribution in [0.15, 0.2) is 11.6 Å². The SMILES string of the molecule is CC(C)(C)C(C(=O)O)[C@@]1(C[N+](=O)[O-])C[C@@H]2CC(C3CCCC3)=C[C@@H]21. The first-order valence-electron chi connectivity index (χ1n) is 9.20. The molecule has 0 aromatic rings. The van der Waals surface area contributed by atoms with Gasteiger partial charge in [-0.05, 0) is 48.9 Å². The van der Waals surface area contributed by atoms with Gasteiger partial charge in [0.05, 0.1) is 11.3 Å². The van der Waals surface area contributed by atoms with Gasteiger partial charge in [0.25, 0.3) is 0 Å². The fraction of sp³-hybridized carbons (Fsp3) is 0.842. The highest BCUT2D eigenvalue weighted by Crippen LogP contribution is 2.65. The fourth-order valence-electron chi connectivity index (χ4n) is 6.05. The van der Waals surface area contributed by atoms with Crippen LogP contribution in [-0.4, -0.2) is 22.5 Å². The van der Waals surface area contributed by atoms with Crippen LogP contribution in [0.3, 0.4) is 0 Å². The second kappa shape index (κ2) is 5.85. The highest BCUT2D eigenvalue weighted by atomic mass is 16.6. The fourth-order valence-corrected chi connectivity index (χ4v) is 6.05. The van der Waals surface area contributed by atoms with Crippen LogP contribution in [0.2, 0.25) is 0 Å². The van der Waals surface area contributed by atoms with E-state index in [1.54, 1.807) is 0 Å². The Kier molecular flexibility index (Phi) is 4.25. The first-order valence-corrected chi connectivity index (χ1v) is 9.20. The molecule has 2 fully saturated rings. The van der Waals surface area contributed by atoms with Crippen LogP contribution in [0.5, 0.6) is 0 Å². The lowest BCUT2D eigenvalue weighted by Gasteiger charge is -2.55. The number of aliphatic carboxylic acids is 1. The maximum absolute atomic E-state index is 12.1. The van der Waals surface area contributed by atoms with E-state index in [2.05, 4.69) is 6.08 Å². The van der Waals surface area contributed by atoms with Gasteiger partial charge in [-0.1, -0.05) is 45.3 Å². The molecule has 5 nitrogen and oxygen atoms in total. The molecule has 0 heterocycles. The summed E-state index contributed by atoms with van der Waals surface area (Å²) in [6.45, 7) is 5.48. The topological polar surface area (TPSA) is 80.4 Å². The Labute approximate surface area is 143 Å². The molecule has 0 bridgehead atoms. The van der Waals surface area contributed by atoms with Gasteiger partial charge >= 0.3 is 5.97 Å². The molecule has 0 radical (unpaired) electrons. The lowest BCUT2D eigenvalue weighted by molar-refractivity contribution is -0.510. The molecule has 3 aliphatic carbocycles. The zero-order valence-electron chi connectivity index (χ0n) is 15.0. The minimum atomic E-state index is -0.884. The van der Waals surface area contributed by atoms with Gasteiger partial charge in [-0.3, -0.25) is 14.9 Å². The van der Waals surface area contributed by atoms with Gasteiger partial charge in [-0.2, -0.15) is 0 Å². The summed E-state index contributed by atoms with van der Waals surface area (Å²) in [4.78, 5) is 23.1. The minimum absolute atomic E-state index is 0.0684. The van der Waals surface area contributed by atoms with E-state index >= 15 is 0 Å². The molecule has 0 amide bonds. The van der Waals surface area contributed by atoms with E-state index in [0.29, 0.717) is 18.3 Å². The first kappa shape index (κ1) is 17.4. The molecule has 0 aromatic carbocycles. The van der Waals surface area contributed by atoms with Gasteiger partial charge in [-0.15, -0.1) is 0 Å². The van der Waals surface area contributed by atoms with Crippen LogP contribution < -0.4 is 0 Å². The van der Waals surface area contributed by atoms with Crippen molar-refractivity contribution in [3.05, 3.63) is 21.8 Å². The van der Waals surface area contributed by atoms with E-state index < -0.39 is 22.7 Å². The van der Waals surface area contributed by atoms with Crippen molar-refractivity contribution in [2.75, 3.05) is 6.54 Å². The molecule has 1 N–H and O–H groups in total. The molecule has 0 aliphatic heterocycles. The zero-order chi connectivity index (χ0) is 17.7. The quantitative estimate of drug-likeness (QED) is 0.465. The predicted octanol–water partition coefficient (Wildman–Crippen LogP) is 4.15. The number of rotatable bonds is 5. The van der Waals surface area contributed by atoms with Crippen LogP contribution in [0.25, 0.3) is 0 Å². The maximum atomic E-state index is 12.1. The van der Waals surface area contributed by atoms with Crippen molar-refractivity contribution < 1.29 is 14.8 Å². The Morgan fingerprint density at radius 2 is 2.04 bits per heavy atom. The first-order chi connectivity index (χ1) is 11.1. The lowest BCUT2D eigenvalue weighted by atomic mass is 9.46. The highest BCUT2D eigenvalue weighted by Gasteiger charge is 2.65. The Bertz CT molecular complexity index is 570. The predicted molar refractivity (Wildman–Crippen MR) is 91.1 cm³/mol. The summed E-state index contributed by atoms with van der Waals surface area (Å²) in [5.41, 5.74) is 0.251. The third kappa shape index (κ3) is 2.76. The number of nitro groups is 1. The minimum Gasteiger partial charge on any atom is -0.481 e. The maximum Gasteiger partial charge on any atom is 0.307 e. The molecule has 0 aromatic heterocycles. The van der Waals surface area contributed by atoms with E-state index in [-0.39, 0.29) is 17.4 Å². The number of fused-ring (bicyclic) bond motifs is 1. The highest BCUT2D eigenvalue weighted by molar-refractivity contribution is 5.72. The standard InChI is InChI=1S/C19H29NO4/c1-18(2,3)16(17(21)22)19(11-20(23)24)10-14-8-13(9-15(14)19)12-6-4-5-7-12/h9,12,14-16H,4-8,10-11H2,1-3H3,(H,21,22)/t14-,15-,16?,19+/m0/s1. The van der Waals surface area contributed by atoms with E-state index in [4.69, 9.17) is 0 Å². The molecule has 134 valence electrons. The molecule has 2 saturated carbocycles. The third-order valence-electron chi connectivity index (χ3n) is 6.70. The molecule has 3 rings (SSSR count). The summed E-state index contributed by atoms with van der Waals surface area (Å²) >= 11 is 0. The van der Waals surface area contributed by atoms with Crippen LogP contribution in [0.4, 0.5) is 0 Å². The van der Waals surface area contributed by atoms with Crippen LogP contribution >= 0.6 is 0 Å². The monoisotopic (exact) mass is 335 g/mol. The number of allylic oxidation sites excluding steroid dienone is 2. The molecule has 4 atom stereocenters. The number of nitrogens with zero attached hydrogens (tertiary/aromatic N) is 1. The smallest absolute Gasteiger partial charge is 0.307 e. The number of carboxylic acids is 1. The lowest BCUT2D eigenvalue weighted by Crippen LogP contribution is -2.59. The second-order valence-electron chi connectivity index (χ2n) is 9.28. The van der Waals surface area contributed by atoms with Crippen molar-refractivity contribution in [2.45, 2.75) is 59.3 Å². The summed E-state index contributed by atoms with van der Waals surface area (Å²) in [6, 6.07) is 0. The number of hydrogen-bond acceptors (Lipinski definition) is 3. The van der Waals surface area contributed by atoms with Crippen molar-refractivity contribution >= 4 is 5.97 Å². The summed E-state index contributed by atoms with van der Waals surface area (Å²) in [5.74, 6) is -0.438. The van der Waals surface area contributed by atoms with Gasteiger partial charge < -0.3 is 5.11 Å². The number of carbonyl (C=O) groups is 1. The molecule has 3 aliphatic rings. The zero-order valence-corrected chi connectivity index (χ0v) is 15.0. The van der Waals surface area contributed by atoms with Gasteiger partial charge in [0.1, 0.15) is 0 Å². The average Bonchev–Trinajstić information content (AvgIpc) is 3.02. The summed E-state index contributed by atoms with van der Waals surface area (Å²) in [6.07, 6.45) is 8.98. The number of hydrogen-bond donors (Lipinski definition) is 1. The van der Waals surface area contributed by atoms with Crippen LogP contribution in [0.1, 0.15) is 59.3 Å². The Hall–Kier alpha value is -1.39. The number of carboxylic acid groups (broad SMARTS) is 1. The summed E-state index contributed by atoms with van der Waals surface area (Å²) in [7, 11) is 0. The van der Waals surface area contributed by atoms with Gasteiger partial charge in [-0.25, -0.2) is 0 Å². The van der Waals surface area contributed by atoms with Gasteiger partial charge in [0.2, 0.25) is 6.54 Å². The van der Waals surface area contributed by atoms with Crippen molar-refractivity contribution in [3.8, 4) is 0 Å². The van der Waals surface area contributed by atoms with E-state index in [1.165, 1.54) is 31.3 Å². The largest absolute Gasteiger partial charge is 0.481 e. The van der Waals surface area contributed by atoms with E-state index in [0.717, 1.165) is 6.42 Å². The molecule has 1 unspecified atom stereocenters. The van der Waals surface area contributed by atoms with Crippen molar-refractivity contribution in [2.24, 2.45) is 34.5 Å².